The first-order valence-corrected chi connectivity index (χ1v) is 13.7. The number of aryl methyl sites for hydroxylation is 2. The molecule has 0 aliphatic carbocycles. The van der Waals surface area contributed by atoms with Gasteiger partial charge in [-0.3, -0.25) is 14.5 Å². The molecule has 3 N–H and O–H groups in total. The van der Waals surface area contributed by atoms with Crippen LogP contribution in [-0.2, 0) is 13.2 Å². The van der Waals surface area contributed by atoms with Gasteiger partial charge in [-0.2, -0.15) is 18.3 Å². The van der Waals surface area contributed by atoms with Gasteiger partial charge in [-0.25, -0.2) is 9.97 Å². The second kappa shape index (κ2) is 11.4. The Kier molecular flexibility index (Phi) is 7.41. The highest BCUT2D eigenvalue weighted by Gasteiger charge is 2.30. The molecule has 226 valence electrons. The number of anilines is 2. The number of hydrogen-bond donors (Lipinski definition) is 2. The van der Waals surface area contributed by atoms with Crippen LogP contribution in [0.1, 0.15) is 21.5 Å². The molecule has 0 spiro atoms. The van der Waals surface area contributed by atoms with Crippen molar-refractivity contribution in [2.24, 2.45) is 7.05 Å². The lowest BCUT2D eigenvalue weighted by Gasteiger charge is -2.19. The Balaban J connectivity index is 1.46. The quantitative estimate of drug-likeness (QED) is 0.210. The monoisotopic (exact) mass is 609 g/mol. The molecule has 1 amide bonds. The Bertz CT molecular complexity index is 2070. The number of ether oxygens (including phenoxy) is 1. The number of carbonyl (C=O) groups is 1. The molecule has 6 rings (SSSR count). The summed E-state index contributed by atoms with van der Waals surface area (Å²) in [6, 6.07) is 15.2. The molecule has 0 unspecified atom stereocenters. The van der Waals surface area contributed by atoms with Crippen LogP contribution in [0.5, 0.6) is 5.75 Å². The van der Waals surface area contributed by atoms with Crippen molar-refractivity contribution < 1.29 is 22.7 Å². The molecule has 0 atom stereocenters. The fourth-order valence-electron chi connectivity index (χ4n) is 5.15. The lowest BCUT2D eigenvalue weighted by Crippen LogP contribution is -2.13. The smallest absolute Gasteiger partial charge is 0.416 e. The van der Waals surface area contributed by atoms with Gasteiger partial charge >= 0.3 is 6.18 Å². The van der Waals surface area contributed by atoms with Crippen molar-refractivity contribution in [2.45, 2.75) is 13.1 Å². The maximum Gasteiger partial charge on any atom is 0.416 e. The first-order chi connectivity index (χ1) is 21.5. The minimum atomic E-state index is -4.54. The SMILES string of the molecule is COc1c(-c2cc(C(=O)Nc3cccc(C(F)(F)F)c3)ccc2C)cc2cnc(N)nc2c1-c1ccc(-c2cnn(C)c2)nc1. The molecule has 0 radical (unpaired) electrons. The number of amides is 1. The van der Waals surface area contributed by atoms with E-state index in [1.165, 1.54) is 19.2 Å². The molecular formula is C33H26F3N7O2. The van der Waals surface area contributed by atoms with Crippen LogP contribution in [0.3, 0.4) is 0 Å². The first kappa shape index (κ1) is 29.3. The number of nitrogens with two attached hydrogens (primary N) is 1. The Morgan fingerprint density at radius 2 is 1.78 bits per heavy atom. The summed E-state index contributed by atoms with van der Waals surface area (Å²) >= 11 is 0. The maximum absolute atomic E-state index is 13.2. The van der Waals surface area contributed by atoms with E-state index in [0.29, 0.717) is 38.9 Å². The zero-order chi connectivity index (χ0) is 31.9. The molecular weight excluding hydrogens is 583 g/mol. The van der Waals surface area contributed by atoms with Gasteiger partial charge in [0.05, 0.1) is 35.6 Å². The Labute approximate surface area is 255 Å². The van der Waals surface area contributed by atoms with E-state index in [9.17, 15) is 18.0 Å². The highest BCUT2D eigenvalue weighted by atomic mass is 19.4. The number of benzene rings is 3. The van der Waals surface area contributed by atoms with E-state index < -0.39 is 17.6 Å². The number of carbonyl (C=O) groups excluding carboxylic acids is 1. The van der Waals surface area contributed by atoms with E-state index in [4.69, 9.17) is 10.5 Å². The van der Waals surface area contributed by atoms with Crippen molar-refractivity contribution in [3.05, 3.63) is 102 Å². The Morgan fingerprint density at radius 3 is 2.47 bits per heavy atom. The van der Waals surface area contributed by atoms with Crippen molar-refractivity contribution in [2.75, 3.05) is 18.2 Å². The molecule has 0 aliphatic rings. The van der Waals surface area contributed by atoms with Crippen LogP contribution >= 0.6 is 0 Å². The fraction of sp³-hybridized carbons (Fsp3) is 0.121. The van der Waals surface area contributed by atoms with Gasteiger partial charge in [0.15, 0.2) is 0 Å². The van der Waals surface area contributed by atoms with Crippen LogP contribution in [0.4, 0.5) is 24.8 Å². The first-order valence-electron chi connectivity index (χ1n) is 13.7. The van der Waals surface area contributed by atoms with Crippen LogP contribution < -0.4 is 15.8 Å². The van der Waals surface area contributed by atoms with Crippen LogP contribution in [0.2, 0.25) is 0 Å². The van der Waals surface area contributed by atoms with Gasteiger partial charge in [-0.1, -0.05) is 18.2 Å². The number of nitrogen functional groups attached to an aromatic ring is 1. The molecule has 45 heavy (non-hydrogen) atoms. The lowest BCUT2D eigenvalue weighted by molar-refractivity contribution is -0.137. The summed E-state index contributed by atoms with van der Waals surface area (Å²) in [5, 5.41) is 7.46. The van der Waals surface area contributed by atoms with Gasteiger partial charge in [-0.15, -0.1) is 0 Å². The zero-order valence-corrected chi connectivity index (χ0v) is 24.3. The predicted molar refractivity (Wildman–Crippen MR) is 166 cm³/mol. The summed E-state index contributed by atoms with van der Waals surface area (Å²) in [6.07, 6.45) is 2.39. The number of hydrogen-bond acceptors (Lipinski definition) is 7. The van der Waals surface area contributed by atoms with Gasteiger partial charge in [0.2, 0.25) is 5.95 Å². The largest absolute Gasteiger partial charge is 0.495 e. The summed E-state index contributed by atoms with van der Waals surface area (Å²) < 4.78 is 47.4. The third-order valence-electron chi connectivity index (χ3n) is 7.34. The molecule has 0 saturated heterocycles. The summed E-state index contributed by atoms with van der Waals surface area (Å²) in [5.74, 6) is -0.0140. The zero-order valence-electron chi connectivity index (χ0n) is 24.3. The van der Waals surface area contributed by atoms with E-state index in [2.05, 4.69) is 25.4 Å². The molecule has 3 aromatic heterocycles. The molecule has 6 aromatic rings. The second-order valence-corrected chi connectivity index (χ2v) is 10.4. The molecule has 0 saturated carbocycles. The maximum atomic E-state index is 13.2. The average Bonchev–Trinajstić information content (AvgIpc) is 3.46. The summed E-state index contributed by atoms with van der Waals surface area (Å²) in [7, 11) is 3.37. The summed E-state index contributed by atoms with van der Waals surface area (Å²) in [6.45, 7) is 1.89. The average molecular weight is 610 g/mol. The third-order valence-corrected chi connectivity index (χ3v) is 7.34. The number of aromatic nitrogens is 5. The number of nitrogens with zero attached hydrogens (tertiary/aromatic N) is 5. The van der Waals surface area contributed by atoms with Crippen LogP contribution in [0, 0.1) is 6.92 Å². The van der Waals surface area contributed by atoms with E-state index in [-0.39, 0.29) is 17.2 Å². The van der Waals surface area contributed by atoms with Crippen molar-refractivity contribution in [3.63, 3.8) is 0 Å². The lowest BCUT2D eigenvalue weighted by atomic mass is 9.91. The predicted octanol–water partition coefficient (Wildman–Crippen LogP) is 6.93. The van der Waals surface area contributed by atoms with E-state index in [1.54, 1.807) is 41.5 Å². The molecule has 0 aliphatic heterocycles. The van der Waals surface area contributed by atoms with Gasteiger partial charge in [-0.05, 0) is 60.5 Å². The summed E-state index contributed by atoms with van der Waals surface area (Å²) in [5.41, 5.74) is 11.0. The minimum absolute atomic E-state index is 0.0273. The molecule has 9 nitrogen and oxygen atoms in total. The number of nitrogens with one attached hydrogen (secondary N) is 1. The van der Waals surface area contributed by atoms with Crippen LogP contribution in [0.15, 0.2) is 85.5 Å². The van der Waals surface area contributed by atoms with Gasteiger partial charge in [0, 0.05) is 59.0 Å². The topological polar surface area (TPSA) is 121 Å². The van der Waals surface area contributed by atoms with Crippen molar-refractivity contribution in [3.8, 4) is 39.3 Å². The number of fused-ring (bicyclic) bond motifs is 1. The highest BCUT2D eigenvalue weighted by Crippen LogP contribution is 2.45. The Hall–Kier alpha value is -5.78. The summed E-state index contributed by atoms with van der Waals surface area (Å²) in [4.78, 5) is 26.6. The number of methoxy groups -OCH3 is 1. The molecule has 12 heteroatoms. The third kappa shape index (κ3) is 5.77. The standard InChI is InChI=1S/C33H26F3N7O2/c1-18-7-8-19(31(44)41-24-6-4-5-23(13-24)33(34,35)36)11-25(18)26-12-21-15-39-32(37)42-29(21)28(30(26)45-3)20-9-10-27(38-14-20)22-16-40-43(2)17-22/h4-17H,1-3H3,(H,41,44)(H2,37,39,42). The number of pyridine rings is 1. The van der Waals surface area contributed by atoms with Crippen LogP contribution in [0.25, 0.3) is 44.4 Å². The van der Waals surface area contributed by atoms with Gasteiger partial charge in [0.25, 0.3) is 5.91 Å². The molecule has 3 heterocycles. The normalized spacial score (nSPS) is 11.5. The van der Waals surface area contributed by atoms with E-state index in [1.807, 2.05) is 38.4 Å². The fourth-order valence-corrected chi connectivity index (χ4v) is 5.15. The Morgan fingerprint density at radius 1 is 0.956 bits per heavy atom. The van der Waals surface area contributed by atoms with Gasteiger partial charge in [0.1, 0.15) is 5.75 Å². The van der Waals surface area contributed by atoms with E-state index >= 15 is 0 Å². The van der Waals surface area contributed by atoms with Crippen molar-refractivity contribution in [1.29, 1.82) is 0 Å². The van der Waals surface area contributed by atoms with E-state index in [0.717, 1.165) is 29.0 Å². The highest BCUT2D eigenvalue weighted by molar-refractivity contribution is 6.07. The number of halogens is 3. The number of rotatable bonds is 6. The van der Waals surface area contributed by atoms with Crippen LogP contribution in [-0.4, -0.2) is 37.7 Å². The minimum Gasteiger partial charge on any atom is -0.495 e. The second-order valence-electron chi connectivity index (χ2n) is 10.4. The van der Waals surface area contributed by atoms with Gasteiger partial charge < -0.3 is 15.8 Å². The molecule has 0 fully saturated rings. The van der Waals surface area contributed by atoms with Crippen molar-refractivity contribution in [1.82, 2.24) is 24.7 Å². The number of alkyl halides is 3. The molecule has 3 aromatic carbocycles. The van der Waals surface area contributed by atoms with Crippen molar-refractivity contribution >= 4 is 28.4 Å². The molecule has 0 bridgehead atoms.